The van der Waals surface area contributed by atoms with E-state index in [1.165, 1.54) is 25.1 Å². The molecule has 5 nitrogen and oxygen atoms in total. The van der Waals surface area contributed by atoms with E-state index in [1.807, 2.05) is 0 Å². The van der Waals surface area contributed by atoms with Crippen LogP contribution in [0.3, 0.4) is 0 Å². The minimum absolute atomic E-state index is 0.0121. The summed E-state index contributed by atoms with van der Waals surface area (Å²) in [4.78, 5) is 25.4. The molecule has 2 atom stereocenters. The molecule has 9 heteroatoms. The monoisotopic (exact) mass is 469 g/mol. The van der Waals surface area contributed by atoms with Gasteiger partial charge in [-0.1, -0.05) is 43.5 Å². The van der Waals surface area contributed by atoms with E-state index in [0.717, 1.165) is 10.6 Å². The van der Waals surface area contributed by atoms with Gasteiger partial charge in [-0.05, 0) is 36.6 Å². The number of benzene rings is 2. The van der Waals surface area contributed by atoms with Crippen LogP contribution < -0.4 is 0 Å². The standard InChI is InChI=1S/C22H19Cl2F2NO4/c1-4-9(2)16(22(30)31)17-10(3)27(15-8-14(25)20(28)19(26)18(15)17)21(29)11-5-6-12(23)13(24)7-11/h5-9,16,28H,4H2,1-3H3,(H,30,31)/t9-,16?/m1/s1. The Bertz CT molecular complexity index is 1220. The Hall–Kier alpha value is -2.64. The van der Waals surface area contributed by atoms with Gasteiger partial charge in [0.2, 0.25) is 0 Å². The largest absolute Gasteiger partial charge is 0.503 e. The lowest BCUT2D eigenvalue weighted by atomic mass is 9.84. The molecule has 0 amide bonds. The van der Waals surface area contributed by atoms with Crippen LogP contribution in [0.15, 0.2) is 24.3 Å². The second kappa shape index (κ2) is 8.48. The highest BCUT2D eigenvalue weighted by Crippen LogP contribution is 2.41. The van der Waals surface area contributed by atoms with Gasteiger partial charge >= 0.3 is 5.97 Å². The fourth-order valence-corrected chi connectivity index (χ4v) is 4.10. The van der Waals surface area contributed by atoms with E-state index in [-0.39, 0.29) is 37.8 Å². The summed E-state index contributed by atoms with van der Waals surface area (Å²) < 4.78 is 30.3. The minimum Gasteiger partial charge on any atom is -0.503 e. The number of aromatic nitrogens is 1. The number of nitrogens with zero attached hydrogens (tertiary/aromatic N) is 1. The van der Waals surface area contributed by atoms with Crippen molar-refractivity contribution in [2.75, 3.05) is 0 Å². The fourth-order valence-electron chi connectivity index (χ4n) is 3.80. The van der Waals surface area contributed by atoms with Gasteiger partial charge in [-0.15, -0.1) is 0 Å². The molecular weight excluding hydrogens is 451 g/mol. The Morgan fingerprint density at radius 3 is 2.35 bits per heavy atom. The van der Waals surface area contributed by atoms with Crippen LogP contribution in [0.1, 0.15) is 47.8 Å². The molecule has 31 heavy (non-hydrogen) atoms. The first-order valence-electron chi connectivity index (χ1n) is 9.45. The molecule has 164 valence electrons. The molecule has 1 heterocycles. The maximum atomic E-state index is 15.0. The lowest BCUT2D eigenvalue weighted by Crippen LogP contribution is -2.21. The number of halogens is 4. The lowest BCUT2D eigenvalue weighted by molar-refractivity contribution is -0.140. The third-order valence-electron chi connectivity index (χ3n) is 5.57. The number of hydrogen-bond donors (Lipinski definition) is 2. The minimum atomic E-state index is -1.32. The van der Waals surface area contributed by atoms with Crippen molar-refractivity contribution in [3.8, 4) is 5.75 Å². The molecule has 0 bridgehead atoms. The molecule has 0 spiro atoms. The summed E-state index contributed by atoms with van der Waals surface area (Å²) in [6.45, 7) is 4.92. The van der Waals surface area contributed by atoms with Crippen molar-refractivity contribution in [1.29, 1.82) is 0 Å². The van der Waals surface area contributed by atoms with Gasteiger partial charge in [0.05, 0.1) is 21.5 Å². The van der Waals surface area contributed by atoms with Crippen LogP contribution in [0.25, 0.3) is 10.9 Å². The van der Waals surface area contributed by atoms with Gasteiger partial charge in [0, 0.05) is 22.7 Å². The molecular formula is C22H19Cl2F2NO4. The second-order valence-corrected chi connectivity index (χ2v) is 8.20. The van der Waals surface area contributed by atoms with Gasteiger partial charge in [0.15, 0.2) is 17.4 Å². The summed E-state index contributed by atoms with van der Waals surface area (Å²) in [6, 6.07) is 4.94. The number of hydrogen-bond acceptors (Lipinski definition) is 3. The third-order valence-corrected chi connectivity index (χ3v) is 6.31. The van der Waals surface area contributed by atoms with Crippen LogP contribution >= 0.6 is 23.2 Å². The molecule has 0 aliphatic heterocycles. The molecule has 1 unspecified atom stereocenters. The molecule has 0 saturated carbocycles. The molecule has 0 radical (unpaired) electrons. The maximum Gasteiger partial charge on any atom is 0.311 e. The van der Waals surface area contributed by atoms with Crippen molar-refractivity contribution in [3.63, 3.8) is 0 Å². The second-order valence-electron chi connectivity index (χ2n) is 7.39. The average molecular weight is 470 g/mol. The molecule has 2 N–H and O–H groups in total. The SMILES string of the molecule is CC[C@@H](C)C(C(=O)O)c1c(C)n(C(=O)c2ccc(Cl)c(Cl)c2)c2cc(F)c(O)c(F)c12. The van der Waals surface area contributed by atoms with Gasteiger partial charge in [0.25, 0.3) is 5.91 Å². The zero-order valence-corrected chi connectivity index (χ0v) is 18.4. The van der Waals surface area contributed by atoms with E-state index in [2.05, 4.69) is 0 Å². The highest BCUT2D eigenvalue weighted by molar-refractivity contribution is 6.42. The van der Waals surface area contributed by atoms with Crippen LogP contribution in [0.5, 0.6) is 5.75 Å². The average Bonchev–Trinajstić information content (AvgIpc) is 2.99. The summed E-state index contributed by atoms with van der Waals surface area (Å²) in [6.07, 6.45) is 0.457. The highest BCUT2D eigenvalue weighted by Gasteiger charge is 2.35. The Morgan fingerprint density at radius 1 is 1.16 bits per heavy atom. The van der Waals surface area contributed by atoms with Crippen molar-refractivity contribution in [2.45, 2.75) is 33.1 Å². The van der Waals surface area contributed by atoms with Crippen molar-refractivity contribution in [2.24, 2.45) is 5.92 Å². The molecule has 3 aromatic rings. The number of carboxylic acid groups (broad SMARTS) is 1. The first-order valence-corrected chi connectivity index (χ1v) is 10.2. The van der Waals surface area contributed by atoms with E-state index in [9.17, 15) is 24.2 Å². The number of fused-ring (bicyclic) bond motifs is 1. The fraction of sp³-hybridized carbons (Fsp3) is 0.273. The van der Waals surface area contributed by atoms with Crippen LogP contribution in [0.2, 0.25) is 10.0 Å². The Balaban J connectivity index is 2.42. The van der Waals surface area contributed by atoms with E-state index in [4.69, 9.17) is 23.2 Å². The van der Waals surface area contributed by atoms with Crippen molar-refractivity contribution in [1.82, 2.24) is 4.57 Å². The summed E-state index contributed by atoms with van der Waals surface area (Å²) >= 11 is 11.9. The van der Waals surface area contributed by atoms with E-state index >= 15 is 4.39 Å². The van der Waals surface area contributed by atoms with Crippen molar-refractivity contribution >= 4 is 46.0 Å². The number of aromatic hydroxyl groups is 1. The van der Waals surface area contributed by atoms with Gasteiger partial charge in [0.1, 0.15) is 0 Å². The number of rotatable bonds is 5. The van der Waals surface area contributed by atoms with Crippen LogP contribution in [0, 0.1) is 24.5 Å². The van der Waals surface area contributed by atoms with E-state index in [1.54, 1.807) is 13.8 Å². The molecule has 2 aromatic carbocycles. The normalized spacial score (nSPS) is 13.4. The zero-order chi connectivity index (χ0) is 23.2. The third kappa shape index (κ3) is 3.77. The van der Waals surface area contributed by atoms with Gasteiger partial charge in [-0.3, -0.25) is 14.2 Å². The molecule has 0 saturated heterocycles. The summed E-state index contributed by atoms with van der Waals surface area (Å²) in [7, 11) is 0. The number of carbonyl (C=O) groups excluding carboxylic acids is 1. The number of phenolic OH excluding ortho intramolecular Hbond substituents is 1. The molecule has 0 fully saturated rings. The summed E-state index contributed by atoms with van der Waals surface area (Å²) in [5.41, 5.74) is 0.0388. The quantitative estimate of drug-likeness (QED) is 0.469. The highest BCUT2D eigenvalue weighted by atomic mass is 35.5. The predicted octanol–water partition coefficient (Wildman–Crippen LogP) is 6.14. The predicted molar refractivity (Wildman–Crippen MR) is 114 cm³/mol. The molecule has 3 rings (SSSR count). The molecule has 0 aliphatic rings. The zero-order valence-electron chi connectivity index (χ0n) is 16.8. The molecule has 0 aliphatic carbocycles. The summed E-state index contributed by atoms with van der Waals surface area (Å²) in [5, 5.41) is 19.7. The Labute approximate surface area is 186 Å². The number of carboxylic acids is 1. The Morgan fingerprint density at radius 2 is 1.81 bits per heavy atom. The first-order chi connectivity index (χ1) is 14.5. The van der Waals surface area contributed by atoms with Gasteiger partial charge in [-0.25, -0.2) is 8.78 Å². The Kier molecular flexibility index (Phi) is 6.30. The number of carbonyl (C=O) groups is 2. The number of phenols is 1. The van der Waals surface area contributed by atoms with Gasteiger partial charge < -0.3 is 10.2 Å². The van der Waals surface area contributed by atoms with Crippen molar-refractivity contribution < 1.29 is 28.6 Å². The number of aliphatic carboxylic acids is 1. The van der Waals surface area contributed by atoms with Crippen LogP contribution in [-0.4, -0.2) is 26.7 Å². The van der Waals surface area contributed by atoms with E-state index in [0.29, 0.717) is 6.42 Å². The lowest BCUT2D eigenvalue weighted by Gasteiger charge is -2.20. The maximum absolute atomic E-state index is 15.0. The topological polar surface area (TPSA) is 79.5 Å². The molecule has 1 aromatic heterocycles. The van der Waals surface area contributed by atoms with E-state index < -0.39 is 41.1 Å². The van der Waals surface area contributed by atoms with Crippen LogP contribution in [0.4, 0.5) is 8.78 Å². The smallest absolute Gasteiger partial charge is 0.311 e. The van der Waals surface area contributed by atoms with Crippen molar-refractivity contribution in [3.05, 3.63) is 62.8 Å². The van der Waals surface area contributed by atoms with Crippen LogP contribution in [-0.2, 0) is 4.79 Å². The summed E-state index contributed by atoms with van der Waals surface area (Å²) in [5.74, 6) is -7.33. The first kappa shape index (κ1) is 23.0. The van der Waals surface area contributed by atoms with Gasteiger partial charge in [-0.2, -0.15) is 0 Å².